The van der Waals surface area contributed by atoms with Crippen LogP contribution >= 0.6 is 0 Å². The number of dihydropyridines is 1. The molecule has 12 heavy (non-hydrogen) atoms. The molecule has 2 unspecified atom stereocenters. The summed E-state index contributed by atoms with van der Waals surface area (Å²) in [6.45, 7) is 12.2. The number of rotatable bonds is 0. The van der Waals surface area contributed by atoms with Crippen LogP contribution < -0.4 is 0 Å². The van der Waals surface area contributed by atoms with Crippen molar-refractivity contribution >= 4 is 6.21 Å². The Hall–Kier alpha value is -0.590. The van der Waals surface area contributed by atoms with Crippen LogP contribution in [-0.2, 0) is 0 Å². The maximum Gasteiger partial charge on any atom is 0.0648 e. The third-order valence-electron chi connectivity index (χ3n) is 1.25. The minimum atomic E-state index is 0.409. The van der Waals surface area contributed by atoms with Crippen molar-refractivity contribution in [1.29, 1.82) is 0 Å². The Morgan fingerprint density at radius 2 is 1.42 bits per heavy atom. The minimum Gasteiger partial charge on any atom is -0.290 e. The van der Waals surface area contributed by atoms with Gasteiger partial charge in [0.05, 0.1) is 6.04 Å². The fraction of sp³-hybridized carbons (Fsp3) is 0.727. The topological polar surface area (TPSA) is 12.4 Å². The molecule has 0 amide bonds. The molecule has 0 radical (unpaired) electrons. The van der Waals surface area contributed by atoms with Crippen molar-refractivity contribution in [2.75, 3.05) is 0 Å². The van der Waals surface area contributed by atoms with E-state index in [1.807, 2.05) is 33.9 Å². The lowest BCUT2D eigenvalue weighted by molar-refractivity contribution is 0.859. The van der Waals surface area contributed by atoms with Crippen LogP contribution in [0, 0.1) is 5.92 Å². The molecule has 2 atom stereocenters. The number of hydrogen-bond donors (Lipinski definition) is 0. The molecule has 1 heteroatoms. The van der Waals surface area contributed by atoms with Gasteiger partial charge in [-0.15, -0.1) is 0 Å². The summed E-state index contributed by atoms with van der Waals surface area (Å²) in [6, 6.07) is 0.409. The standard InChI is InChI=1S/C7H11N.2C2H6/c1-6-3-4-7(2)8-5-6;2*1-2/h3-7H,1-2H3;2*1-2H3. The Bertz CT molecular complexity index is 97.0. The Balaban J connectivity index is 0. The first-order valence-electron chi connectivity index (χ1n) is 5.00. The van der Waals surface area contributed by atoms with Gasteiger partial charge in [0.2, 0.25) is 0 Å². The van der Waals surface area contributed by atoms with Crippen molar-refractivity contribution in [2.24, 2.45) is 10.9 Å². The van der Waals surface area contributed by atoms with Gasteiger partial charge in [0.15, 0.2) is 0 Å². The number of aliphatic imine (C=N–C) groups is 1. The molecule has 0 bridgehead atoms. The number of nitrogens with zero attached hydrogens (tertiary/aromatic N) is 1. The number of allylic oxidation sites excluding steroid dienone is 1. The lowest BCUT2D eigenvalue weighted by Gasteiger charge is -2.06. The Kier molecular flexibility index (Phi) is 12.1. The monoisotopic (exact) mass is 169 g/mol. The molecule has 0 aromatic heterocycles. The van der Waals surface area contributed by atoms with E-state index in [0.717, 1.165) is 0 Å². The zero-order chi connectivity index (χ0) is 9.98. The molecule has 0 aromatic rings. The van der Waals surface area contributed by atoms with Crippen molar-refractivity contribution in [1.82, 2.24) is 0 Å². The van der Waals surface area contributed by atoms with Crippen LogP contribution in [0.2, 0.25) is 0 Å². The molecule has 1 heterocycles. The normalized spacial score (nSPS) is 24.8. The summed E-state index contributed by atoms with van der Waals surface area (Å²) < 4.78 is 0. The molecule has 1 rings (SSSR count). The molecule has 1 aliphatic rings. The molecule has 0 aliphatic carbocycles. The van der Waals surface area contributed by atoms with Gasteiger partial charge in [-0.05, 0) is 6.92 Å². The van der Waals surface area contributed by atoms with Gasteiger partial charge in [-0.2, -0.15) is 0 Å². The highest BCUT2D eigenvalue weighted by Gasteiger charge is 1.99. The maximum atomic E-state index is 4.20. The van der Waals surface area contributed by atoms with Crippen LogP contribution in [0.3, 0.4) is 0 Å². The highest BCUT2D eigenvalue weighted by atomic mass is 14.8. The lowest BCUT2D eigenvalue weighted by atomic mass is 10.1. The van der Waals surface area contributed by atoms with Crippen molar-refractivity contribution in [3.8, 4) is 0 Å². The minimum absolute atomic E-state index is 0.409. The van der Waals surface area contributed by atoms with E-state index in [1.54, 1.807) is 0 Å². The average molecular weight is 169 g/mol. The molecule has 0 spiro atoms. The van der Waals surface area contributed by atoms with E-state index in [-0.39, 0.29) is 0 Å². The average Bonchev–Trinajstić information content (AvgIpc) is 2.17. The van der Waals surface area contributed by atoms with E-state index in [1.165, 1.54) is 0 Å². The lowest BCUT2D eigenvalue weighted by Crippen LogP contribution is -2.03. The van der Waals surface area contributed by atoms with E-state index < -0.39 is 0 Å². The molecule has 0 aromatic carbocycles. The van der Waals surface area contributed by atoms with Crippen LogP contribution in [0.4, 0.5) is 0 Å². The fourth-order valence-electron chi connectivity index (χ4n) is 0.707. The predicted octanol–water partition coefficient (Wildman–Crippen LogP) is 3.70. The predicted molar refractivity (Wildman–Crippen MR) is 59.0 cm³/mol. The van der Waals surface area contributed by atoms with Crippen LogP contribution in [-0.4, -0.2) is 12.3 Å². The van der Waals surface area contributed by atoms with Gasteiger partial charge in [-0.3, -0.25) is 4.99 Å². The van der Waals surface area contributed by atoms with Crippen molar-refractivity contribution in [3.05, 3.63) is 12.2 Å². The molecule has 0 saturated heterocycles. The summed E-state index contributed by atoms with van der Waals surface area (Å²) in [5, 5.41) is 0. The second kappa shape index (κ2) is 10.4. The Morgan fingerprint density at radius 1 is 0.917 bits per heavy atom. The maximum absolute atomic E-state index is 4.20. The van der Waals surface area contributed by atoms with E-state index in [2.05, 4.69) is 31.0 Å². The first-order valence-corrected chi connectivity index (χ1v) is 5.00. The smallest absolute Gasteiger partial charge is 0.0648 e. The highest BCUT2D eigenvalue weighted by Crippen LogP contribution is 2.03. The molecular weight excluding hydrogens is 146 g/mol. The van der Waals surface area contributed by atoms with Crippen LogP contribution in [0.1, 0.15) is 41.5 Å². The van der Waals surface area contributed by atoms with Gasteiger partial charge in [0.25, 0.3) is 0 Å². The summed E-state index contributed by atoms with van der Waals surface area (Å²) in [4.78, 5) is 4.20. The summed E-state index contributed by atoms with van der Waals surface area (Å²) in [7, 11) is 0. The zero-order valence-electron chi connectivity index (χ0n) is 9.33. The van der Waals surface area contributed by atoms with Gasteiger partial charge < -0.3 is 0 Å². The Labute approximate surface area is 77.6 Å². The summed E-state index contributed by atoms with van der Waals surface area (Å²) in [5.41, 5.74) is 0. The van der Waals surface area contributed by atoms with Crippen LogP contribution in [0.25, 0.3) is 0 Å². The molecule has 72 valence electrons. The largest absolute Gasteiger partial charge is 0.290 e. The van der Waals surface area contributed by atoms with Gasteiger partial charge >= 0.3 is 0 Å². The molecule has 0 N–H and O–H groups in total. The second-order valence-electron chi connectivity index (χ2n) is 2.28. The fourth-order valence-corrected chi connectivity index (χ4v) is 0.707. The third-order valence-corrected chi connectivity index (χ3v) is 1.25. The summed E-state index contributed by atoms with van der Waals surface area (Å²) in [6.07, 6.45) is 6.30. The van der Waals surface area contributed by atoms with E-state index >= 15 is 0 Å². The quantitative estimate of drug-likeness (QED) is 0.490. The molecule has 0 saturated carbocycles. The summed E-state index contributed by atoms with van der Waals surface area (Å²) in [5.74, 6) is 0.547. The van der Waals surface area contributed by atoms with Crippen molar-refractivity contribution in [3.63, 3.8) is 0 Å². The third kappa shape index (κ3) is 7.52. The van der Waals surface area contributed by atoms with Gasteiger partial charge in [-0.25, -0.2) is 0 Å². The summed E-state index contributed by atoms with van der Waals surface area (Å²) >= 11 is 0. The van der Waals surface area contributed by atoms with Crippen LogP contribution in [0.5, 0.6) is 0 Å². The zero-order valence-corrected chi connectivity index (χ0v) is 9.33. The van der Waals surface area contributed by atoms with E-state index in [4.69, 9.17) is 0 Å². The van der Waals surface area contributed by atoms with E-state index in [0.29, 0.717) is 12.0 Å². The molecule has 1 aliphatic heterocycles. The molecule has 0 fully saturated rings. The highest BCUT2D eigenvalue weighted by molar-refractivity contribution is 5.64. The Morgan fingerprint density at radius 3 is 1.67 bits per heavy atom. The van der Waals surface area contributed by atoms with E-state index in [9.17, 15) is 0 Å². The SMILES string of the molecule is CC.CC.CC1C=CC(C)N=C1. The first kappa shape index (κ1) is 14.0. The van der Waals surface area contributed by atoms with Gasteiger partial charge in [0.1, 0.15) is 0 Å². The molecular formula is C11H23N. The second-order valence-corrected chi connectivity index (χ2v) is 2.28. The van der Waals surface area contributed by atoms with Gasteiger partial charge in [-0.1, -0.05) is 46.8 Å². The van der Waals surface area contributed by atoms with Crippen LogP contribution in [0.15, 0.2) is 17.1 Å². The molecule has 1 nitrogen and oxygen atoms in total. The number of hydrogen-bond acceptors (Lipinski definition) is 1. The van der Waals surface area contributed by atoms with Gasteiger partial charge in [0, 0.05) is 12.1 Å². The first-order chi connectivity index (χ1) is 5.79. The van der Waals surface area contributed by atoms with Crippen molar-refractivity contribution < 1.29 is 0 Å². The van der Waals surface area contributed by atoms with Crippen molar-refractivity contribution in [2.45, 2.75) is 47.6 Å².